The molecule has 1 aromatic heterocycles. The van der Waals surface area contributed by atoms with Gasteiger partial charge in [-0.25, -0.2) is 0 Å². The van der Waals surface area contributed by atoms with Crippen LogP contribution in [0.1, 0.15) is 24.7 Å². The average molecular weight is 315 g/mol. The van der Waals surface area contributed by atoms with Crippen LogP contribution in [0.5, 0.6) is 0 Å². The summed E-state index contributed by atoms with van der Waals surface area (Å²) in [4.78, 5) is 15.1. The molecule has 1 aromatic rings. The molecule has 1 saturated heterocycles. The van der Waals surface area contributed by atoms with Gasteiger partial charge in [-0.05, 0) is 6.42 Å². The lowest BCUT2D eigenvalue weighted by molar-refractivity contribution is -0.137. The van der Waals surface area contributed by atoms with Gasteiger partial charge in [0.1, 0.15) is 0 Å². The van der Waals surface area contributed by atoms with E-state index in [0.29, 0.717) is 6.54 Å². The van der Waals surface area contributed by atoms with Crippen molar-refractivity contribution in [2.24, 2.45) is 7.05 Å². The zero-order chi connectivity index (χ0) is 15.4. The minimum absolute atomic E-state index is 0.216. The number of aromatic nitrogens is 2. The Labute approximate surface area is 130 Å². The van der Waals surface area contributed by atoms with Crippen LogP contribution in [0, 0.1) is 0 Å². The van der Waals surface area contributed by atoms with Crippen LogP contribution < -0.4 is 0 Å². The van der Waals surface area contributed by atoms with Crippen molar-refractivity contribution in [2.75, 3.05) is 32.7 Å². The Morgan fingerprint density at radius 2 is 1.90 bits per heavy atom. The van der Waals surface area contributed by atoms with Crippen molar-refractivity contribution in [1.82, 2.24) is 19.6 Å². The third-order valence-corrected chi connectivity index (χ3v) is 4.42. The molecule has 1 fully saturated rings. The van der Waals surface area contributed by atoms with Crippen LogP contribution in [-0.2, 0) is 24.8 Å². The topological polar surface area (TPSA) is 61.6 Å². The van der Waals surface area contributed by atoms with Gasteiger partial charge in [0.05, 0.1) is 22.8 Å². The smallest absolute Gasteiger partial charge is 0.304 e. The largest absolute Gasteiger partial charge is 0.481 e. The highest BCUT2D eigenvalue weighted by Gasteiger charge is 2.21. The van der Waals surface area contributed by atoms with E-state index in [1.54, 1.807) is 0 Å². The van der Waals surface area contributed by atoms with E-state index in [-0.39, 0.29) is 6.42 Å². The number of piperazine rings is 1. The van der Waals surface area contributed by atoms with E-state index in [1.165, 1.54) is 0 Å². The molecule has 0 aliphatic carbocycles. The van der Waals surface area contributed by atoms with Gasteiger partial charge in [-0.1, -0.05) is 18.5 Å². The molecule has 21 heavy (non-hydrogen) atoms. The molecule has 0 spiro atoms. The Morgan fingerprint density at radius 3 is 2.43 bits per heavy atom. The number of carbonyl (C=O) groups is 1. The first-order valence-electron chi connectivity index (χ1n) is 7.38. The van der Waals surface area contributed by atoms with Crippen molar-refractivity contribution in [2.45, 2.75) is 26.3 Å². The van der Waals surface area contributed by atoms with E-state index < -0.39 is 5.97 Å². The molecule has 0 aromatic carbocycles. The summed E-state index contributed by atoms with van der Waals surface area (Å²) in [6, 6.07) is 0. The molecule has 2 rings (SSSR count). The molecule has 0 amide bonds. The first-order chi connectivity index (χ1) is 10.0. The lowest BCUT2D eigenvalue weighted by Crippen LogP contribution is -2.46. The number of hydrogen-bond acceptors (Lipinski definition) is 4. The van der Waals surface area contributed by atoms with E-state index in [1.807, 2.05) is 11.7 Å². The van der Waals surface area contributed by atoms with Crippen molar-refractivity contribution in [3.05, 3.63) is 16.4 Å². The van der Waals surface area contributed by atoms with Gasteiger partial charge in [0.2, 0.25) is 0 Å². The highest BCUT2D eigenvalue weighted by Crippen LogP contribution is 2.22. The fourth-order valence-corrected chi connectivity index (χ4v) is 2.98. The number of carboxylic acid groups (broad SMARTS) is 1. The number of aryl methyl sites for hydroxylation is 2. The van der Waals surface area contributed by atoms with E-state index >= 15 is 0 Å². The Morgan fingerprint density at radius 1 is 1.29 bits per heavy atom. The van der Waals surface area contributed by atoms with Crippen molar-refractivity contribution in [3.8, 4) is 0 Å². The monoisotopic (exact) mass is 314 g/mol. The van der Waals surface area contributed by atoms with Crippen molar-refractivity contribution in [3.63, 3.8) is 0 Å². The molecule has 118 valence electrons. The minimum Gasteiger partial charge on any atom is -0.481 e. The van der Waals surface area contributed by atoms with Crippen LogP contribution in [0.4, 0.5) is 0 Å². The standard InChI is InChI=1S/C14H23ClN4O2/c1-3-11-14(15)12(17(2)16-11)10-19-8-6-18(7-9-19)5-4-13(20)21/h3-10H2,1-2H3,(H,20,21). The average Bonchev–Trinajstić information content (AvgIpc) is 2.74. The first-order valence-corrected chi connectivity index (χ1v) is 7.75. The fraction of sp³-hybridized carbons (Fsp3) is 0.714. The summed E-state index contributed by atoms with van der Waals surface area (Å²) in [5.74, 6) is -0.730. The fourth-order valence-electron chi connectivity index (χ4n) is 2.63. The van der Waals surface area contributed by atoms with Crippen molar-refractivity contribution < 1.29 is 9.90 Å². The second-order valence-electron chi connectivity index (χ2n) is 5.45. The highest BCUT2D eigenvalue weighted by molar-refractivity contribution is 6.31. The SMILES string of the molecule is CCc1nn(C)c(CN2CCN(CCC(=O)O)CC2)c1Cl. The van der Waals surface area contributed by atoms with Gasteiger partial charge >= 0.3 is 5.97 Å². The van der Waals surface area contributed by atoms with E-state index in [2.05, 4.69) is 21.8 Å². The first kappa shape index (κ1) is 16.3. The molecule has 2 heterocycles. The zero-order valence-electron chi connectivity index (χ0n) is 12.7. The third kappa shape index (κ3) is 4.18. The summed E-state index contributed by atoms with van der Waals surface area (Å²) >= 11 is 6.38. The van der Waals surface area contributed by atoms with Gasteiger partial charge in [0.15, 0.2) is 0 Å². The molecular weight excluding hydrogens is 292 g/mol. The Kier molecular flexibility index (Phi) is 5.61. The Bertz CT molecular complexity index is 495. The van der Waals surface area contributed by atoms with Crippen LogP contribution in [0.2, 0.25) is 5.02 Å². The zero-order valence-corrected chi connectivity index (χ0v) is 13.4. The van der Waals surface area contributed by atoms with Crippen LogP contribution >= 0.6 is 11.6 Å². The van der Waals surface area contributed by atoms with Crippen LogP contribution in [-0.4, -0.2) is 63.4 Å². The summed E-state index contributed by atoms with van der Waals surface area (Å²) < 4.78 is 1.87. The molecule has 0 bridgehead atoms. The van der Waals surface area contributed by atoms with Crippen molar-refractivity contribution in [1.29, 1.82) is 0 Å². The Hall–Kier alpha value is -1.11. The summed E-state index contributed by atoms with van der Waals surface area (Å²) in [5.41, 5.74) is 2.02. The maximum Gasteiger partial charge on any atom is 0.304 e. The number of hydrogen-bond donors (Lipinski definition) is 1. The lowest BCUT2D eigenvalue weighted by Gasteiger charge is -2.34. The molecule has 7 heteroatoms. The number of carboxylic acids is 1. The van der Waals surface area contributed by atoms with E-state index in [4.69, 9.17) is 16.7 Å². The summed E-state index contributed by atoms with van der Waals surface area (Å²) in [5, 5.41) is 13.9. The quantitative estimate of drug-likeness (QED) is 0.855. The van der Waals surface area contributed by atoms with Gasteiger partial charge in [-0.15, -0.1) is 0 Å². The van der Waals surface area contributed by atoms with Crippen LogP contribution in [0.15, 0.2) is 0 Å². The van der Waals surface area contributed by atoms with Crippen molar-refractivity contribution >= 4 is 17.6 Å². The predicted octanol–water partition coefficient (Wildman–Crippen LogP) is 1.23. The number of rotatable bonds is 6. The third-order valence-electron chi connectivity index (χ3n) is 3.98. The van der Waals surface area contributed by atoms with Gasteiger partial charge in [0, 0.05) is 46.3 Å². The maximum absolute atomic E-state index is 10.6. The van der Waals surface area contributed by atoms with Gasteiger partial charge in [-0.2, -0.15) is 5.10 Å². The van der Waals surface area contributed by atoms with Crippen LogP contribution in [0.3, 0.4) is 0 Å². The highest BCUT2D eigenvalue weighted by atomic mass is 35.5. The molecule has 0 unspecified atom stereocenters. The normalized spacial score (nSPS) is 17.3. The van der Waals surface area contributed by atoms with E-state index in [9.17, 15) is 4.79 Å². The number of nitrogens with zero attached hydrogens (tertiary/aromatic N) is 4. The summed E-state index contributed by atoms with van der Waals surface area (Å²) in [6.07, 6.45) is 1.06. The summed E-state index contributed by atoms with van der Waals surface area (Å²) in [7, 11) is 1.93. The molecule has 0 atom stereocenters. The van der Waals surface area contributed by atoms with Crippen LogP contribution in [0.25, 0.3) is 0 Å². The number of aliphatic carboxylic acids is 1. The molecular formula is C14H23ClN4O2. The van der Waals surface area contributed by atoms with Gasteiger partial charge < -0.3 is 10.0 Å². The molecule has 0 saturated carbocycles. The lowest BCUT2D eigenvalue weighted by atomic mass is 10.2. The predicted molar refractivity (Wildman–Crippen MR) is 81.6 cm³/mol. The minimum atomic E-state index is -0.730. The summed E-state index contributed by atoms with van der Waals surface area (Å²) in [6.45, 7) is 7.17. The number of halogens is 1. The maximum atomic E-state index is 10.6. The molecule has 6 nitrogen and oxygen atoms in total. The van der Waals surface area contributed by atoms with Gasteiger partial charge in [0.25, 0.3) is 0 Å². The second-order valence-corrected chi connectivity index (χ2v) is 5.82. The molecule has 1 aliphatic heterocycles. The van der Waals surface area contributed by atoms with E-state index in [0.717, 1.165) is 55.6 Å². The van der Waals surface area contributed by atoms with Gasteiger partial charge in [-0.3, -0.25) is 14.4 Å². The Balaban J connectivity index is 1.86. The molecule has 0 radical (unpaired) electrons. The molecule has 1 N–H and O–H groups in total. The second kappa shape index (κ2) is 7.24. The molecule has 1 aliphatic rings.